The van der Waals surface area contributed by atoms with Gasteiger partial charge in [-0.1, -0.05) is 30.3 Å². The molecule has 1 aromatic carbocycles. The van der Waals surface area contributed by atoms with Gasteiger partial charge in [0.2, 0.25) is 0 Å². The van der Waals surface area contributed by atoms with Crippen LogP contribution in [-0.4, -0.2) is 52.1 Å². The summed E-state index contributed by atoms with van der Waals surface area (Å²) in [5.41, 5.74) is 3.59. The Morgan fingerprint density at radius 2 is 2.17 bits per heavy atom. The van der Waals surface area contributed by atoms with Gasteiger partial charge in [-0.2, -0.15) is 0 Å². The minimum atomic E-state index is 0.0552. The number of aromatic nitrogens is 3. The minimum absolute atomic E-state index is 0.0552. The first-order valence-electron chi connectivity index (χ1n) is 9.80. The summed E-state index contributed by atoms with van der Waals surface area (Å²) in [6.45, 7) is 5.07. The van der Waals surface area contributed by atoms with Crippen molar-refractivity contribution in [1.29, 1.82) is 0 Å². The van der Waals surface area contributed by atoms with E-state index in [1.54, 1.807) is 12.5 Å². The van der Waals surface area contributed by atoms with Crippen LogP contribution in [0, 0.1) is 6.92 Å². The van der Waals surface area contributed by atoms with Gasteiger partial charge in [0.15, 0.2) is 5.96 Å². The van der Waals surface area contributed by atoms with Crippen molar-refractivity contribution in [3.63, 3.8) is 0 Å². The quantitative estimate of drug-likeness (QED) is 0.548. The van der Waals surface area contributed by atoms with Crippen LogP contribution in [0.5, 0.6) is 0 Å². The number of imidazole rings is 1. The van der Waals surface area contributed by atoms with E-state index in [4.69, 9.17) is 4.74 Å². The second kappa shape index (κ2) is 8.87. The van der Waals surface area contributed by atoms with E-state index in [0.717, 1.165) is 30.4 Å². The largest absolute Gasteiger partial charge is 0.370 e. The molecule has 1 fully saturated rings. The summed E-state index contributed by atoms with van der Waals surface area (Å²) in [7, 11) is 1.82. The molecule has 0 bridgehead atoms. The van der Waals surface area contributed by atoms with Gasteiger partial charge in [0.25, 0.3) is 0 Å². The third-order valence-corrected chi connectivity index (χ3v) is 5.14. The number of aliphatic imine (C=N–C) groups is 1. The van der Waals surface area contributed by atoms with Crippen LogP contribution in [0.25, 0.3) is 5.82 Å². The molecule has 0 spiro atoms. The zero-order valence-corrected chi connectivity index (χ0v) is 16.8. The lowest BCUT2D eigenvalue weighted by Crippen LogP contribution is -2.48. The van der Waals surface area contributed by atoms with Gasteiger partial charge in [-0.15, -0.1) is 0 Å². The minimum Gasteiger partial charge on any atom is -0.370 e. The van der Waals surface area contributed by atoms with Gasteiger partial charge < -0.3 is 15.0 Å². The molecule has 1 N–H and O–H groups in total. The van der Waals surface area contributed by atoms with Crippen molar-refractivity contribution in [2.24, 2.45) is 4.99 Å². The number of rotatable bonds is 4. The fourth-order valence-electron chi connectivity index (χ4n) is 3.56. The molecule has 7 heteroatoms. The van der Waals surface area contributed by atoms with E-state index in [-0.39, 0.29) is 6.10 Å². The molecule has 2 aromatic heterocycles. The number of hydrogen-bond donors (Lipinski definition) is 1. The highest BCUT2D eigenvalue weighted by molar-refractivity contribution is 5.80. The third-order valence-electron chi connectivity index (χ3n) is 5.14. The zero-order chi connectivity index (χ0) is 20.1. The summed E-state index contributed by atoms with van der Waals surface area (Å²) in [6.07, 6.45) is 7.30. The van der Waals surface area contributed by atoms with Gasteiger partial charge in [-0.05, 0) is 29.7 Å². The number of aryl methyl sites for hydroxylation is 1. The van der Waals surface area contributed by atoms with Gasteiger partial charge in [0.1, 0.15) is 18.2 Å². The molecule has 0 aliphatic carbocycles. The number of pyridine rings is 1. The summed E-state index contributed by atoms with van der Waals surface area (Å²) in [4.78, 5) is 15.3. The number of nitrogens with zero attached hydrogens (tertiary/aromatic N) is 5. The molecule has 29 heavy (non-hydrogen) atoms. The van der Waals surface area contributed by atoms with Crippen molar-refractivity contribution >= 4 is 5.96 Å². The number of guanidine groups is 1. The van der Waals surface area contributed by atoms with E-state index >= 15 is 0 Å². The van der Waals surface area contributed by atoms with Crippen LogP contribution in [0.4, 0.5) is 0 Å². The summed E-state index contributed by atoms with van der Waals surface area (Å²) in [5, 5.41) is 3.46. The third kappa shape index (κ3) is 4.46. The van der Waals surface area contributed by atoms with Crippen LogP contribution < -0.4 is 5.32 Å². The van der Waals surface area contributed by atoms with E-state index < -0.39 is 0 Å². The Kier molecular flexibility index (Phi) is 5.86. The van der Waals surface area contributed by atoms with Crippen LogP contribution in [0.15, 0.2) is 66.3 Å². The lowest BCUT2D eigenvalue weighted by atomic mass is 10.0. The van der Waals surface area contributed by atoms with Crippen molar-refractivity contribution in [1.82, 2.24) is 24.8 Å². The number of ether oxygens (including phenoxy) is 1. The standard InChI is InChI=1S/C22H26N6O/c1-17-5-3-4-6-19(17)20-15-27(11-12-29-20)22(23-2)26-14-18-7-8-21(25-13-18)28-10-9-24-16-28/h3-10,13,16,20H,11-12,14-15H2,1-2H3,(H,23,26). The normalized spacial score (nSPS) is 17.4. The van der Waals surface area contributed by atoms with Crippen LogP contribution in [0.1, 0.15) is 22.8 Å². The van der Waals surface area contributed by atoms with Gasteiger partial charge in [-0.3, -0.25) is 9.56 Å². The molecule has 3 heterocycles. The molecule has 1 aliphatic heterocycles. The smallest absolute Gasteiger partial charge is 0.194 e. The van der Waals surface area contributed by atoms with Crippen molar-refractivity contribution in [2.75, 3.05) is 26.7 Å². The fourth-order valence-corrected chi connectivity index (χ4v) is 3.56. The maximum atomic E-state index is 6.04. The lowest BCUT2D eigenvalue weighted by Gasteiger charge is -2.35. The summed E-state index contributed by atoms with van der Waals surface area (Å²) in [6, 6.07) is 12.5. The molecule has 0 saturated carbocycles. The average molecular weight is 390 g/mol. The number of hydrogen-bond acceptors (Lipinski definition) is 4. The Morgan fingerprint density at radius 1 is 1.28 bits per heavy atom. The molecule has 150 valence electrons. The van der Waals surface area contributed by atoms with Gasteiger partial charge in [0.05, 0.1) is 13.2 Å². The highest BCUT2D eigenvalue weighted by Gasteiger charge is 2.25. The Hall–Kier alpha value is -3.19. The van der Waals surface area contributed by atoms with Crippen molar-refractivity contribution in [3.8, 4) is 5.82 Å². The van der Waals surface area contributed by atoms with Gasteiger partial charge in [-0.25, -0.2) is 9.97 Å². The Balaban J connectivity index is 1.38. The first kappa shape index (κ1) is 19.1. The molecule has 0 radical (unpaired) electrons. The number of benzene rings is 1. The predicted molar refractivity (Wildman–Crippen MR) is 113 cm³/mol. The maximum Gasteiger partial charge on any atom is 0.194 e. The molecule has 3 aromatic rings. The van der Waals surface area contributed by atoms with E-state index in [9.17, 15) is 0 Å². The van der Waals surface area contributed by atoms with Crippen LogP contribution in [-0.2, 0) is 11.3 Å². The summed E-state index contributed by atoms with van der Waals surface area (Å²) < 4.78 is 7.92. The van der Waals surface area contributed by atoms with Crippen molar-refractivity contribution in [3.05, 3.63) is 78.0 Å². The van der Waals surface area contributed by atoms with Gasteiger partial charge in [0, 0.05) is 38.7 Å². The SMILES string of the molecule is CN=C(NCc1ccc(-n2ccnc2)nc1)N1CCOC(c2ccccc2C)C1. The molecule has 0 amide bonds. The first-order chi connectivity index (χ1) is 14.2. The van der Waals surface area contributed by atoms with Crippen molar-refractivity contribution < 1.29 is 4.74 Å². The highest BCUT2D eigenvalue weighted by atomic mass is 16.5. The van der Waals surface area contributed by atoms with E-state index in [1.807, 2.05) is 30.1 Å². The second-order valence-electron chi connectivity index (χ2n) is 7.06. The first-order valence-corrected chi connectivity index (χ1v) is 9.80. The van der Waals surface area contributed by atoms with Gasteiger partial charge >= 0.3 is 0 Å². The van der Waals surface area contributed by atoms with E-state index in [2.05, 4.69) is 62.4 Å². The maximum absolute atomic E-state index is 6.04. The molecular weight excluding hydrogens is 364 g/mol. The predicted octanol–water partition coefficient (Wildman–Crippen LogP) is 2.72. The van der Waals surface area contributed by atoms with Crippen LogP contribution in [0.3, 0.4) is 0 Å². The van der Waals surface area contributed by atoms with Crippen LogP contribution >= 0.6 is 0 Å². The Bertz CT molecular complexity index is 952. The number of nitrogens with one attached hydrogen (secondary N) is 1. The fraction of sp³-hybridized carbons (Fsp3) is 0.318. The highest BCUT2D eigenvalue weighted by Crippen LogP contribution is 2.25. The number of morpholine rings is 1. The zero-order valence-electron chi connectivity index (χ0n) is 16.8. The van der Waals surface area contributed by atoms with E-state index in [1.165, 1.54) is 11.1 Å². The van der Waals surface area contributed by atoms with Crippen LogP contribution in [0.2, 0.25) is 0 Å². The molecule has 1 atom stereocenters. The molecule has 7 nitrogen and oxygen atoms in total. The Morgan fingerprint density at radius 3 is 2.90 bits per heavy atom. The Labute approximate surface area is 171 Å². The monoisotopic (exact) mass is 390 g/mol. The summed E-state index contributed by atoms with van der Waals surface area (Å²) >= 11 is 0. The average Bonchev–Trinajstić information content (AvgIpc) is 3.30. The van der Waals surface area contributed by atoms with Crippen molar-refractivity contribution in [2.45, 2.75) is 19.6 Å². The molecule has 1 unspecified atom stereocenters. The van der Waals surface area contributed by atoms with E-state index in [0.29, 0.717) is 13.2 Å². The molecule has 1 aliphatic rings. The molecule has 4 rings (SSSR count). The summed E-state index contributed by atoms with van der Waals surface area (Å²) in [5.74, 6) is 1.73. The molecule has 1 saturated heterocycles. The second-order valence-corrected chi connectivity index (χ2v) is 7.06. The topological polar surface area (TPSA) is 67.6 Å². The molecular formula is C22H26N6O. The lowest BCUT2D eigenvalue weighted by molar-refractivity contribution is -0.00834.